The second-order valence-electron chi connectivity index (χ2n) is 3.82. The van der Waals surface area contributed by atoms with Crippen LogP contribution in [-0.4, -0.2) is 30.0 Å². The number of hydrogen-bond acceptors (Lipinski definition) is 1. The highest BCUT2D eigenvalue weighted by Gasteiger charge is 2.38. The highest BCUT2D eigenvalue weighted by Crippen LogP contribution is 2.36. The van der Waals surface area contributed by atoms with Gasteiger partial charge >= 0.3 is 0 Å². The van der Waals surface area contributed by atoms with Crippen LogP contribution >= 0.6 is 0 Å². The number of nitrogens with two attached hydrogens (primary N) is 1. The minimum Gasteiger partial charge on any atom is -0.370 e. The molecule has 68 valence electrons. The van der Waals surface area contributed by atoms with Crippen molar-refractivity contribution < 1.29 is 0 Å². The minimum atomic E-state index is 0.713. The van der Waals surface area contributed by atoms with Gasteiger partial charge in [-0.25, -0.2) is 0 Å². The number of fused-ring (bicyclic) bond motifs is 2. The van der Waals surface area contributed by atoms with Gasteiger partial charge in [0.2, 0.25) is 0 Å². The lowest BCUT2D eigenvalue weighted by Crippen LogP contribution is -2.42. The Morgan fingerprint density at radius 3 is 2.92 bits per heavy atom. The van der Waals surface area contributed by atoms with E-state index in [1.807, 2.05) is 6.92 Å². The van der Waals surface area contributed by atoms with Gasteiger partial charge in [-0.05, 0) is 32.1 Å². The van der Waals surface area contributed by atoms with Gasteiger partial charge in [0.25, 0.3) is 0 Å². The topological polar surface area (TPSA) is 41.6 Å². The Hall–Kier alpha value is -0.730. The minimum absolute atomic E-state index is 0.713. The summed E-state index contributed by atoms with van der Waals surface area (Å²) in [6.45, 7) is 3.99. The van der Waals surface area contributed by atoms with E-state index in [9.17, 15) is 0 Å². The molecule has 2 unspecified atom stereocenters. The van der Waals surface area contributed by atoms with Crippen LogP contribution in [-0.2, 0) is 0 Å². The van der Waals surface area contributed by atoms with Crippen LogP contribution in [0.4, 0.5) is 0 Å². The third-order valence-corrected chi connectivity index (χ3v) is 3.02. The predicted octanol–water partition coefficient (Wildman–Crippen LogP) is 0.805. The molecule has 0 aromatic carbocycles. The molecular formula is C9H17N3. The zero-order valence-corrected chi connectivity index (χ0v) is 7.66. The van der Waals surface area contributed by atoms with Crippen molar-refractivity contribution in [3.63, 3.8) is 0 Å². The molecule has 1 saturated carbocycles. The SMILES string of the molecule is CCN=C(N)N1CC2CCC1C2. The molecule has 12 heavy (non-hydrogen) atoms. The molecule has 0 aromatic rings. The number of nitrogens with zero attached hydrogens (tertiary/aromatic N) is 2. The van der Waals surface area contributed by atoms with E-state index in [2.05, 4.69) is 9.89 Å². The quantitative estimate of drug-likeness (QED) is 0.464. The largest absolute Gasteiger partial charge is 0.370 e. The Bertz CT molecular complexity index is 200. The second-order valence-corrected chi connectivity index (χ2v) is 3.82. The fraction of sp³-hybridized carbons (Fsp3) is 0.889. The Morgan fingerprint density at radius 2 is 2.42 bits per heavy atom. The van der Waals surface area contributed by atoms with E-state index in [0.29, 0.717) is 6.04 Å². The molecule has 2 atom stereocenters. The number of guanidine groups is 1. The van der Waals surface area contributed by atoms with Gasteiger partial charge in [0.15, 0.2) is 5.96 Å². The summed E-state index contributed by atoms with van der Waals surface area (Å²) in [5, 5.41) is 0. The van der Waals surface area contributed by atoms with Gasteiger partial charge in [0.1, 0.15) is 0 Å². The maximum atomic E-state index is 5.85. The highest BCUT2D eigenvalue weighted by atomic mass is 15.3. The first-order valence-electron chi connectivity index (χ1n) is 4.87. The molecule has 1 aliphatic carbocycles. The normalized spacial score (nSPS) is 34.8. The van der Waals surface area contributed by atoms with E-state index in [4.69, 9.17) is 5.73 Å². The lowest BCUT2D eigenvalue weighted by atomic mass is 10.1. The summed E-state index contributed by atoms with van der Waals surface area (Å²) in [6.07, 6.45) is 4.07. The summed E-state index contributed by atoms with van der Waals surface area (Å²) >= 11 is 0. The first-order valence-corrected chi connectivity index (χ1v) is 4.87. The summed E-state index contributed by atoms with van der Waals surface area (Å²) in [6, 6.07) is 0.713. The lowest BCUT2D eigenvalue weighted by Gasteiger charge is -2.27. The van der Waals surface area contributed by atoms with E-state index in [1.165, 1.54) is 19.3 Å². The molecule has 2 fully saturated rings. The zero-order chi connectivity index (χ0) is 8.55. The van der Waals surface area contributed by atoms with Crippen LogP contribution in [0.2, 0.25) is 0 Å². The zero-order valence-electron chi connectivity index (χ0n) is 7.66. The van der Waals surface area contributed by atoms with Gasteiger partial charge in [-0.1, -0.05) is 0 Å². The van der Waals surface area contributed by atoms with E-state index >= 15 is 0 Å². The predicted molar refractivity (Wildman–Crippen MR) is 50.0 cm³/mol. The first-order chi connectivity index (χ1) is 5.81. The molecule has 3 nitrogen and oxygen atoms in total. The number of aliphatic imine (C=N–C) groups is 1. The average molecular weight is 167 g/mol. The van der Waals surface area contributed by atoms with Crippen LogP contribution in [0.15, 0.2) is 4.99 Å². The van der Waals surface area contributed by atoms with Gasteiger partial charge < -0.3 is 10.6 Å². The van der Waals surface area contributed by atoms with Crippen molar-refractivity contribution in [1.82, 2.24) is 4.90 Å². The number of hydrogen-bond donors (Lipinski definition) is 1. The van der Waals surface area contributed by atoms with Gasteiger partial charge in [0, 0.05) is 19.1 Å². The molecule has 0 radical (unpaired) electrons. The molecule has 0 amide bonds. The van der Waals surface area contributed by atoms with E-state index in [-0.39, 0.29) is 0 Å². The van der Waals surface area contributed by atoms with Gasteiger partial charge in [0.05, 0.1) is 0 Å². The number of rotatable bonds is 1. The van der Waals surface area contributed by atoms with Crippen molar-refractivity contribution in [2.45, 2.75) is 32.2 Å². The molecule has 1 aliphatic heterocycles. The van der Waals surface area contributed by atoms with Crippen molar-refractivity contribution in [3.8, 4) is 0 Å². The average Bonchev–Trinajstić information content (AvgIpc) is 2.64. The third kappa shape index (κ3) is 1.17. The Kier molecular flexibility index (Phi) is 1.95. The van der Waals surface area contributed by atoms with Gasteiger partial charge in [-0.2, -0.15) is 0 Å². The standard InChI is InChI=1S/C9H17N3/c1-2-11-9(10)12-6-7-3-4-8(12)5-7/h7-8H,2-6H2,1H3,(H2,10,11). The van der Waals surface area contributed by atoms with Crippen molar-refractivity contribution >= 4 is 5.96 Å². The molecule has 2 rings (SSSR count). The molecule has 2 bridgehead atoms. The highest BCUT2D eigenvalue weighted by molar-refractivity contribution is 5.78. The molecular weight excluding hydrogens is 150 g/mol. The molecule has 2 N–H and O–H groups in total. The van der Waals surface area contributed by atoms with E-state index in [0.717, 1.165) is 25.0 Å². The lowest BCUT2D eigenvalue weighted by molar-refractivity contribution is 0.323. The summed E-state index contributed by atoms with van der Waals surface area (Å²) in [5.74, 6) is 1.67. The summed E-state index contributed by atoms with van der Waals surface area (Å²) in [4.78, 5) is 6.54. The fourth-order valence-corrected chi connectivity index (χ4v) is 2.46. The van der Waals surface area contributed by atoms with Crippen LogP contribution in [0, 0.1) is 5.92 Å². The summed E-state index contributed by atoms with van der Waals surface area (Å²) in [7, 11) is 0. The maximum Gasteiger partial charge on any atom is 0.191 e. The van der Waals surface area contributed by atoms with Gasteiger partial charge in [-0.3, -0.25) is 4.99 Å². The van der Waals surface area contributed by atoms with Crippen LogP contribution < -0.4 is 5.73 Å². The van der Waals surface area contributed by atoms with E-state index in [1.54, 1.807) is 0 Å². The Labute approximate surface area is 73.6 Å². The van der Waals surface area contributed by atoms with E-state index < -0.39 is 0 Å². The molecule has 3 heteroatoms. The molecule has 0 spiro atoms. The van der Waals surface area contributed by atoms with Crippen molar-refractivity contribution in [2.24, 2.45) is 16.6 Å². The van der Waals surface area contributed by atoms with Crippen molar-refractivity contribution in [1.29, 1.82) is 0 Å². The van der Waals surface area contributed by atoms with Crippen LogP contribution in [0.25, 0.3) is 0 Å². The monoisotopic (exact) mass is 167 g/mol. The van der Waals surface area contributed by atoms with Crippen LogP contribution in [0.1, 0.15) is 26.2 Å². The van der Waals surface area contributed by atoms with Crippen LogP contribution in [0.5, 0.6) is 0 Å². The summed E-state index contributed by atoms with van der Waals surface area (Å²) < 4.78 is 0. The Balaban J connectivity index is 2.02. The van der Waals surface area contributed by atoms with Crippen molar-refractivity contribution in [3.05, 3.63) is 0 Å². The van der Waals surface area contributed by atoms with Crippen LogP contribution in [0.3, 0.4) is 0 Å². The third-order valence-electron chi connectivity index (χ3n) is 3.02. The smallest absolute Gasteiger partial charge is 0.191 e. The molecule has 1 saturated heterocycles. The van der Waals surface area contributed by atoms with Crippen molar-refractivity contribution in [2.75, 3.05) is 13.1 Å². The summed E-state index contributed by atoms with van der Waals surface area (Å²) in [5.41, 5.74) is 5.85. The number of piperidine rings is 1. The second kappa shape index (κ2) is 2.96. The Morgan fingerprint density at radius 1 is 1.58 bits per heavy atom. The molecule has 0 aromatic heterocycles. The molecule has 2 aliphatic rings. The fourth-order valence-electron chi connectivity index (χ4n) is 2.46. The van der Waals surface area contributed by atoms with Gasteiger partial charge in [-0.15, -0.1) is 0 Å². The maximum absolute atomic E-state index is 5.85. The first kappa shape index (κ1) is 7.90. The number of likely N-dealkylation sites (tertiary alicyclic amines) is 1. The molecule has 1 heterocycles.